The fourth-order valence-corrected chi connectivity index (χ4v) is 2.84. The quantitative estimate of drug-likeness (QED) is 0.860. The first-order chi connectivity index (χ1) is 8.47. The first kappa shape index (κ1) is 13.3. The average molecular weight is 376 g/mol. The van der Waals surface area contributed by atoms with Crippen molar-refractivity contribution in [3.8, 4) is 0 Å². The van der Waals surface area contributed by atoms with Gasteiger partial charge in [-0.05, 0) is 35.9 Å². The van der Waals surface area contributed by atoms with Crippen molar-refractivity contribution in [3.63, 3.8) is 0 Å². The van der Waals surface area contributed by atoms with Gasteiger partial charge in [-0.2, -0.15) is 0 Å². The summed E-state index contributed by atoms with van der Waals surface area (Å²) in [6, 6.07) is 8.06. The predicted octanol–water partition coefficient (Wildman–Crippen LogP) is 3.58. The third-order valence-electron chi connectivity index (χ3n) is 2.31. The minimum absolute atomic E-state index is 0.192. The summed E-state index contributed by atoms with van der Waals surface area (Å²) in [7, 11) is 0. The number of halogens is 2. The summed E-state index contributed by atoms with van der Waals surface area (Å²) >= 11 is 6.63. The van der Waals surface area contributed by atoms with E-state index in [1.54, 1.807) is 12.1 Å². The van der Waals surface area contributed by atoms with Crippen molar-refractivity contribution in [3.05, 3.63) is 56.4 Å². The van der Waals surface area contributed by atoms with Gasteiger partial charge >= 0.3 is 5.97 Å². The molecule has 0 fully saturated rings. The van der Waals surface area contributed by atoms with Gasteiger partial charge in [0.25, 0.3) is 0 Å². The summed E-state index contributed by atoms with van der Waals surface area (Å²) < 4.78 is 6.66. The molecule has 2 rings (SSSR count). The van der Waals surface area contributed by atoms with Crippen molar-refractivity contribution in [2.75, 3.05) is 0 Å². The van der Waals surface area contributed by atoms with E-state index in [0.717, 1.165) is 8.95 Å². The number of benzene rings is 1. The minimum atomic E-state index is -1.16. The van der Waals surface area contributed by atoms with E-state index in [1.807, 2.05) is 6.07 Å². The summed E-state index contributed by atoms with van der Waals surface area (Å²) in [6.07, 6.45) is -1.01. The highest BCUT2D eigenvalue weighted by molar-refractivity contribution is 9.11. The maximum absolute atomic E-state index is 10.7. The Balaban J connectivity index is 2.34. The number of carboxylic acids is 1. The van der Waals surface area contributed by atoms with Gasteiger partial charge in [-0.3, -0.25) is 0 Å². The van der Waals surface area contributed by atoms with E-state index in [-0.39, 0.29) is 11.5 Å². The van der Waals surface area contributed by atoms with Crippen LogP contribution in [-0.2, 0) is 0 Å². The third kappa shape index (κ3) is 2.82. The lowest BCUT2D eigenvalue weighted by molar-refractivity contribution is 0.0655. The Morgan fingerprint density at radius 1 is 1.17 bits per heavy atom. The first-order valence-electron chi connectivity index (χ1n) is 4.94. The van der Waals surface area contributed by atoms with Crippen LogP contribution in [0.3, 0.4) is 0 Å². The summed E-state index contributed by atoms with van der Waals surface area (Å²) in [5.74, 6) is -1.17. The third-order valence-corrected chi connectivity index (χ3v) is 3.22. The molecule has 0 amide bonds. The fraction of sp³-hybridized carbons (Fsp3) is 0.0833. The molecular formula is C12H8Br2O4. The van der Waals surface area contributed by atoms with Crippen LogP contribution in [0.4, 0.5) is 0 Å². The van der Waals surface area contributed by atoms with Crippen LogP contribution >= 0.6 is 31.9 Å². The fourth-order valence-electron chi connectivity index (χ4n) is 1.51. The number of hydrogen-bond donors (Lipinski definition) is 2. The summed E-state index contributed by atoms with van der Waals surface area (Å²) in [5, 5.41) is 18.9. The molecule has 0 saturated carbocycles. The van der Waals surface area contributed by atoms with Gasteiger partial charge in [0.2, 0.25) is 5.76 Å². The molecule has 1 unspecified atom stereocenters. The molecule has 6 heteroatoms. The van der Waals surface area contributed by atoms with Crippen LogP contribution in [0.2, 0.25) is 0 Å². The second-order valence-electron chi connectivity index (χ2n) is 3.61. The van der Waals surface area contributed by atoms with Gasteiger partial charge in [-0.25, -0.2) is 4.79 Å². The number of carbonyl (C=O) groups is 1. The zero-order valence-corrected chi connectivity index (χ0v) is 12.1. The van der Waals surface area contributed by atoms with Crippen molar-refractivity contribution in [1.82, 2.24) is 0 Å². The normalized spacial score (nSPS) is 12.4. The highest BCUT2D eigenvalue weighted by atomic mass is 79.9. The molecule has 94 valence electrons. The maximum atomic E-state index is 10.7. The zero-order chi connectivity index (χ0) is 13.3. The van der Waals surface area contributed by atoms with Gasteiger partial charge in [0.05, 0.1) is 0 Å². The Morgan fingerprint density at radius 2 is 1.78 bits per heavy atom. The maximum Gasteiger partial charge on any atom is 0.371 e. The molecule has 0 aliphatic heterocycles. The van der Waals surface area contributed by atoms with E-state index < -0.39 is 12.1 Å². The Bertz CT molecular complexity index is 571. The van der Waals surface area contributed by atoms with Gasteiger partial charge in [0.15, 0.2) is 0 Å². The van der Waals surface area contributed by atoms with E-state index >= 15 is 0 Å². The van der Waals surface area contributed by atoms with Crippen molar-refractivity contribution >= 4 is 37.8 Å². The van der Waals surface area contributed by atoms with Crippen molar-refractivity contribution in [2.45, 2.75) is 6.10 Å². The largest absolute Gasteiger partial charge is 0.475 e. The standard InChI is InChI=1S/C12H8Br2O4/c13-7-3-6(4-8(14)5-7)11(15)9-1-2-10(18-9)12(16)17/h1-5,11,15H,(H,16,17). The molecule has 4 nitrogen and oxygen atoms in total. The molecule has 0 aliphatic carbocycles. The Kier molecular flexibility index (Phi) is 3.89. The second-order valence-corrected chi connectivity index (χ2v) is 5.44. The van der Waals surface area contributed by atoms with Crippen LogP contribution in [0.1, 0.15) is 28.0 Å². The number of aromatic carboxylic acids is 1. The molecule has 0 aliphatic rings. The van der Waals surface area contributed by atoms with E-state index in [1.165, 1.54) is 12.1 Å². The number of aliphatic hydroxyl groups is 1. The monoisotopic (exact) mass is 374 g/mol. The molecule has 2 aromatic rings. The molecule has 1 aromatic carbocycles. The number of rotatable bonds is 3. The summed E-state index contributed by atoms with van der Waals surface area (Å²) in [5.41, 5.74) is 0.600. The summed E-state index contributed by atoms with van der Waals surface area (Å²) in [6.45, 7) is 0. The van der Waals surface area contributed by atoms with Crippen LogP contribution in [0, 0.1) is 0 Å². The molecular weight excluding hydrogens is 368 g/mol. The lowest BCUT2D eigenvalue weighted by Crippen LogP contribution is -1.99. The van der Waals surface area contributed by atoms with Gasteiger partial charge in [-0.15, -0.1) is 0 Å². The van der Waals surface area contributed by atoms with Gasteiger partial charge in [0.1, 0.15) is 11.9 Å². The Hall–Kier alpha value is -1.11. The van der Waals surface area contributed by atoms with Crippen LogP contribution < -0.4 is 0 Å². The smallest absolute Gasteiger partial charge is 0.371 e. The van der Waals surface area contributed by atoms with Crippen LogP contribution in [0.5, 0.6) is 0 Å². The molecule has 2 N–H and O–H groups in total. The number of furan rings is 1. The average Bonchev–Trinajstić information content (AvgIpc) is 2.75. The molecule has 0 bridgehead atoms. The predicted molar refractivity (Wildman–Crippen MR) is 71.6 cm³/mol. The summed E-state index contributed by atoms with van der Waals surface area (Å²) in [4.78, 5) is 10.7. The Morgan fingerprint density at radius 3 is 2.28 bits per heavy atom. The lowest BCUT2D eigenvalue weighted by Gasteiger charge is -2.09. The number of aliphatic hydroxyl groups excluding tert-OH is 1. The van der Waals surface area contributed by atoms with Gasteiger partial charge in [-0.1, -0.05) is 31.9 Å². The van der Waals surface area contributed by atoms with Gasteiger partial charge in [0, 0.05) is 8.95 Å². The van der Waals surface area contributed by atoms with Crippen molar-refractivity contribution in [2.24, 2.45) is 0 Å². The van der Waals surface area contributed by atoms with E-state index in [9.17, 15) is 9.90 Å². The first-order valence-corrected chi connectivity index (χ1v) is 6.53. The minimum Gasteiger partial charge on any atom is -0.475 e. The molecule has 0 saturated heterocycles. The van der Waals surface area contributed by atoms with Gasteiger partial charge < -0.3 is 14.6 Å². The lowest BCUT2D eigenvalue weighted by atomic mass is 10.1. The van der Waals surface area contributed by atoms with Crippen LogP contribution in [0.25, 0.3) is 0 Å². The molecule has 1 heterocycles. The Labute approximate surface area is 119 Å². The molecule has 0 spiro atoms. The SMILES string of the molecule is O=C(O)c1ccc(C(O)c2cc(Br)cc(Br)c2)o1. The molecule has 1 atom stereocenters. The van der Waals surface area contributed by atoms with Crippen molar-refractivity contribution in [1.29, 1.82) is 0 Å². The van der Waals surface area contributed by atoms with Crippen molar-refractivity contribution < 1.29 is 19.4 Å². The highest BCUT2D eigenvalue weighted by Crippen LogP contribution is 2.29. The number of hydrogen-bond acceptors (Lipinski definition) is 3. The topological polar surface area (TPSA) is 70.7 Å². The van der Waals surface area contributed by atoms with E-state index in [2.05, 4.69) is 31.9 Å². The van der Waals surface area contributed by atoms with E-state index in [4.69, 9.17) is 9.52 Å². The highest BCUT2D eigenvalue weighted by Gasteiger charge is 2.18. The van der Waals surface area contributed by atoms with Crippen LogP contribution in [0.15, 0.2) is 43.7 Å². The second kappa shape index (κ2) is 5.26. The molecule has 1 aromatic heterocycles. The number of carboxylic acid groups (broad SMARTS) is 1. The van der Waals surface area contributed by atoms with E-state index in [0.29, 0.717) is 5.56 Å². The zero-order valence-electron chi connectivity index (χ0n) is 8.93. The van der Waals surface area contributed by atoms with Crippen LogP contribution in [-0.4, -0.2) is 16.2 Å². The molecule has 0 radical (unpaired) electrons. The molecule has 18 heavy (non-hydrogen) atoms.